The maximum absolute atomic E-state index is 14.0. The minimum atomic E-state index is -4.69. The van der Waals surface area contributed by atoms with Crippen LogP contribution in [0.3, 0.4) is 0 Å². The molecule has 0 radical (unpaired) electrons. The number of alkyl halides is 3. The fraction of sp³-hybridized carbons (Fsp3) is 0.0732. The molecule has 0 aliphatic rings. The Labute approximate surface area is 329 Å². The van der Waals surface area contributed by atoms with Crippen LogP contribution in [-0.2, 0) is 21.0 Å². The molecule has 0 saturated carbocycles. The van der Waals surface area contributed by atoms with Gasteiger partial charge in [0.2, 0.25) is 11.8 Å². The first-order valence-electron chi connectivity index (χ1n) is 17.0. The molecular formula is C41H31F3N6O7S. The minimum absolute atomic E-state index is 0.0426. The fourth-order valence-electron chi connectivity index (χ4n) is 5.42. The van der Waals surface area contributed by atoms with E-state index < -0.39 is 50.4 Å². The molecule has 0 fully saturated rings. The summed E-state index contributed by atoms with van der Waals surface area (Å²) in [5.41, 5.74) is 0.346. The van der Waals surface area contributed by atoms with Gasteiger partial charge in [-0.3, -0.25) is 19.4 Å². The molecule has 13 nitrogen and oxygen atoms in total. The lowest BCUT2D eigenvalue weighted by Crippen LogP contribution is -2.37. The Morgan fingerprint density at radius 1 is 0.810 bits per heavy atom. The van der Waals surface area contributed by atoms with Gasteiger partial charge in [-0.1, -0.05) is 55.1 Å². The van der Waals surface area contributed by atoms with E-state index in [0.717, 1.165) is 17.7 Å². The third kappa shape index (κ3) is 9.69. The highest BCUT2D eigenvalue weighted by Crippen LogP contribution is 2.32. The first-order valence-corrected chi connectivity index (χ1v) is 18.5. The van der Waals surface area contributed by atoms with Crippen molar-refractivity contribution in [2.24, 2.45) is 0 Å². The minimum Gasteiger partial charge on any atom is -0.481 e. The van der Waals surface area contributed by atoms with E-state index in [4.69, 9.17) is 9.47 Å². The van der Waals surface area contributed by atoms with E-state index in [9.17, 15) is 36.0 Å². The Balaban J connectivity index is 1.25. The van der Waals surface area contributed by atoms with Gasteiger partial charge in [-0.15, -0.1) is 0 Å². The van der Waals surface area contributed by atoms with Crippen LogP contribution < -0.4 is 24.8 Å². The molecule has 6 rings (SSSR count). The number of hydrogen-bond acceptors (Lipinski definition) is 10. The van der Waals surface area contributed by atoms with E-state index in [1.165, 1.54) is 62.0 Å². The summed E-state index contributed by atoms with van der Waals surface area (Å²) < 4.78 is 77.9. The summed E-state index contributed by atoms with van der Waals surface area (Å²) in [5, 5.41) is 5.34. The molecule has 3 amide bonds. The van der Waals surface area contributed by atoms with E-state index >= 15 is 0 Å². The summed E-state index contributed by atoms with van der Waals surface area (Å²) in [5.74, 6) is -1.48. The van der Waals surface area contributed by atoms with Gasteiger partial charge in [-0.25, -0.2) is 13.1 Å². The van der Waals surface area contributed by atoms with Gasteiger partial charge in [0.1, 0.15) is 11.8 Å². The van der Waals surface area contributed by atoms with Gasteiger partial charge in [-0.2, -0.15) is 23.1 Å². The molecule has 0 aliphatic heterocycles. The average Bonchev–Trinajstić information content (AvgIpc) is 3.23. The van der Waals surface area contributed by atoms with E-state index in [2.05, 4.69) is 32.2 Å². The van der Waals surface area contributed by atoms with Crippen LogP contribution in [0.15, 0.2) is 139 Å². The van der Waals surface area contributed by atoms with Crippen molar-refractivity contribution < 1.29 is 45.4 Å². The number of anilines is 1. The largest absolute Gasteiger partial charge is 0.481 e. The van der Waals surface area contributed by atoms with Crippen molar-refractivity contribution in [1.82, 2.24) is 25.0 Å². The number of nitrogens with one attached hydrogen (secondary N) is 3. The molecule has 294 valence electrons. The van der Waals surface area contributed by atoms with Crippen LogP contribution >= 0.6 is 0 Å². The normalized spacial score (nSPS) is 11.8. The zero-order chi connectivity index (χ0) is 41.5. The lowest BCUT2D eigenvalue weighted by Gasteiger charge is -2.20. The fourth-order valence-corrected chi connectivity index (χ4v) is 6.39. The summed E-state index contributed by atoms with van der Waals surface area (Å²) >= 11 is 0. The van der Waals surface area contributed by atoms with Gasteiger partial charge in [0.05, 0.1) is 29.2 Å². The number of carbonyl (C=O) groups excluding carboxylic acids is 3. The SMILES string of the molecule is C=Cc1cc(C(NC(=O)c2cccnc2)C(=O)Nc2cccc(C(=O)NS(=O)(=O)c3ccc(C(F)(F)F)cc3)c2)ccc1Oc1cc(OC)nc(-c2ccccc2)n1. The summed E-state index contributed by atoms with van der Waals surface area (Å²) in [4.78, 5) is 52.7. The van der Waals surface area contributed by atoms with Crippen molar-refractivity contribution >= 4 is 39.5 Å². The number of aromatic nitrogens is 3. The second kappa shape index (κ2) is 17.2. The van der Waals surface area contributed by atoms with Crippen LogP contribution in [0.2, 0.25) is 0 Å². The second-order valence-corrected chi connectivity index (χ2v) is 13.9. The van der Waals surface area contributed by atoms with Crippen LogP contribution in [0.1, 0.15) is 43.4 Å². The summed E-state index contributed by atoms with van der Waals surface area (Å²) in [6.45, 7) is 3.88. The van der Waals surface area contributed by atoms with Gasteiger partial charge >= 0.3 is 6.18 Å². The summed E-state index contributed by atoms with van der Waals surface area (Å²) in [6.07, 6.45) is -0.418. The Hall–Kier alpha value is -7.40. The van der Waals surface area contributed by atoms with E-state index in [1.807, 2.05) is 35.1 Å². The van der Waals surface area contributed by atoms with Crippen molar-refractivity contribution in [2.75, 3.05) is 12.4 Å². The Bertz CT molecular complexity index is 2590. The maximum atomic E-state index is 14.0. The zero-order valence-corrected chi connectivity index (χ0v) is 31.0. The molecule has 3 N–H and O–H groups in total. The number of methoxy groups -OCH3 is 1. The Morgan fingerprint density at radius 2 is 1.53 bits per heavy atom. The third-order valence-corrected chi connectivity index (χ3v) is 9.64. The van der Waals surface area contributed by atoms with E-state index in [0.29, 0.717) is 34.8 Å². The van der Waals surface area contributed by atoms with Crippen LogP contribution in [0.25, 0.3) is 17.5 Å². The summed E-state index contributed by atoms with van der Waals surface area (Å²) in [7, 11) is -3.13. The van der Waals surface area contributed by atoms with Crippen LogP contribution in [0.4, 0.5) is 18.9 Å². The number of carbonyl (C=O) groups is 3. The Kier molecular flexibility index (Phi) is 11.9. The van der Waals surface area contributed by atoms with Gasteiger partial charge < -0.3 is 20.1 Å². The predicted molar refractivity (Wildman–Crippen MR) is 206 cm³/mol. The second-order valence-electron chi connectivity index (χ2n) is 12.2. The monoisotopic (exact) mass is 808 g/mol. The van der Waals surface area contributed by atoms with Gasteiger partial charge in [0, 0.05) is 34.8 Å². The predicted octanol–water partition coefficient (Wildman–Crippen LogP) is 7.23. The zero-order valence-electron chi connectivity index (χ0n) is 30.2. The first-order chi connectivity index (χ1) is 27.7. The smallest absolute Gasteiger partial charge is 0.416 e. The first kappa shape index (κ1) is 40.3. The Morgan fingerprint density at radius 3 is 2.21 bits per heavy atom. The molecule has 1 atom stereocenters. The molecule has 2 aromatic heterocycles. The number of benzene rings is 4. The molecular weight excluding hydrogens is 778 g/mol. The highest BCUT2D eigenvalue weighted by atomic mass is 32.2. The molecule has 4 aromatic carbocycles. The number of hydrogen-bond donors (Lipinski definition) is 3. The summed E-state index contributed by atoms with van der Waals surface area (Å²) in [6, 6.07) is 24.9. The quantitative estimate of drug-likeness (QED) is 0.108. The standard InChI is InChI=1S/C41H31F3N6O7S/c1-3-25-21-27(14-19-33(25)57-35-23-34(56-2)47-37(48-35)26-9-5-4-6-10-26)36(49-38(51)29-12-8-20-45-24-29)40(53)46-31-13-7-11-28(22-31)39(52)50-58(54,55)32-17-15-30(16-18-32)41(42,43)44/h3-24,36H,1H2,2H3,(H,46,53)(H,49,51)(H,50,52). The maximum Gasteiger partial charge on any atom is 0.416 e. The third-order valence-electron chi connectivity index (χ3n) is 8.29. The van der Waals surface area contributed by atoms with Gasteiger partial charge in [-0.05, 0) is 72.3 Å². The lowest BCUT2D eigenvalue weighted by molar-refractivity contribution is -0.137. The average molecular weight is 809 g/mol. The highest BCUT2D eigenvalue weighted by molar-refractivity contribution is 7.90. The van der Waals surface area contributed by atoms with Crippen LogP contribution in [0, 0.1) is 0 Å². The number of amides is 3. The number of rotatable bonds is 13. The number of halogens is 3. The van der Waals surface area contributed by atoms with Gasteiger partial charge in [0.25, 0.3) is 27.7 Å². The number of sulfonamides is 1. The van der Waals surface area contributed by atoms with E-state index in [1.54, 1.807) is 24.3 Å². The molecule has 0 aliphatic carbocycles. The van der Waals surface area contributed by atoms with Crippen molar-refractivity contribution in [1.29, 1.82) is 0 Å². The number of nitrogens with zero attached hydrogens (tertiary/aromatic N) is 3. The van der Waals surface area contributed by atoms with Crippen molar-refractivity contribution in [3.63, 3.8) is 0 Å². The van der Waals surface area contributed by atoms with Crippen molar-refractivity contribution in [3.8, 4) is 28.9 Å². The van der Waals surface area contributed by atoms with Crippen LogP contribution in [-0.4, -0.2) is 48.2 Å². The number of ether oxygens (including phenoxy) is 2. The van der Waals surface area contributed by atoms with Crippen molar-refractivity contribution in [3.05, 3.63) is 162 Å². The molecule has 1 unspecified atom stereocenters. The van der Waals surface area contributed by atoms with Crippen molar-refractivity contribution in [2.45, 2.75) is 17.1 Å². The molecule has 2 heterocycles. The number of pyridine rings is 1. The van der Waals surface area contributed by atoms with Crippen LogP contribution in [0.5, 0.6) is 17.5 Å². The molecule has 58 heavy (non-hydrogen) atoms. The lowest BCUT2D eigenvalue weighted by atomic mass is 10.0. The van der Waals surface area contributed by atoms with E-state index in [-0.39, 0.29) is 28.6 Å². The molecule has 0 saturated heterocycles. The molecule has 0 spiro atoms. The topological polar surface area (TPSA) is 179 Å². The molecule has 17 heteroatoms. The molecule has 6 aromatic rings. The molecule has 0 bridgehead atoms. The van der Waals surface area contributed by atoms with Gasteiger partial charge in [0.15, 0.2) is 5.82 Å². The highest BCUT2D eigenvalue weighted by Gasteiger charge is 2.31.